The Morgan fingerprint density at radius 3 is 2.38 bits per heavy atom. The maximum Gasteiger partial charge on any atom is 0.335 e. The molecule has 0 bridgehead atoms. The molecule has 0 aliphatic heterocycles. The lowest BCUT2D eigenvalue weighted by Crippen LogP contribution is -2.17. The molecule has 114 valence electrons. The number of carbonyl (C=O) groups is 1. The lowest BCUT2D eigenvalue weighted by Gasteiger charge is -2.16. The van der Waals surface area contributed by atoms with Crippen LogP contribution in [0, 0.1) is 30.6 Å². The normalized spacial score (nSPS) is 12.0. The fourth-order valence-corrected chi connectivity index (χ4v) is 3.76. The monoisotopic (exact) mass is 309 g/mol. The molecule has 1 rings (SSSR count). The van der Waals surface area contributed by atoms with Gasteiger partial charge in [0.25, 0.3) is 0 Å². The second-order valence-electron chi connectivity index (χ2n) is 5.79. The van der Waals surface area contributed by atoms with Crippen LogP contribution < -0.4 is 0 Å². The second-order valence-corrected chi connectivity index (χ2v) is 7.86. The highest BCUT2D eigenvalue weighted by molar-refractivity contribution is 7.91. The first-order chi connectivity index (χ1) is 9.50. The Labute approximate surface area is 125 Å². The molecule has 6 heteroatoms. The first-order valence-corrected chi connectivity index (χ1v) is 8.14. The summed E-state index contributed by atoms with van der Waals surface area (Å²) in [5, 5.41) is 18.0. The number of nitriles is 1. The Kier molecular flexibility index (Phi) is 4.79. The molecule has 0 aliphatic rings. The third kappa shape index (κ3) is 4.05. The summed E-state index contributed by atoms with van der Waals surface area (Å²) >= 11 is 0. The van der Waals surface area contributed by atoms with Crippen molar-refractivity contribution in [1.29, 1.82) is 5.26 Å². The molecule has 0 aromatic heterocycles. The van der Waals surface area contributed by atoms with Gasteiger partial charge in [0, 0.05) is 0 Å². The van der Waals surface area contributed by atoms with E-state index in [4.69, 9.17) is 10.4 Å². The van der Waals surface area contributed by atoms with Gasteiger partial charge < -0.3 is 5.11 Å². The van der Waals surface area contributed by atoms with Crippen LogP contribution in [0.2, 0.25) is 0 Å². The minimum Gasteiger partial charge on any atom is -0.478 e. The van der Waals surface area contributed by atoms with Gasteiger partial charge >= 0.3 is 5.97 Å². The minimum atomic E-state index is -3.63. The SMILES string of the molecule is Cc1cc(C(=O)O)cc(S(=O)(=O)CCC(C)(C)C#N)c1C. The molecule has 21 heavy (non-hydrogen) atoms. The summed E-state index contributed by atoms with van der Waals surface area (Å²) in [6.45, 7) is 6.69. The van der Waals surface area contributed by atoms with E-state index in [-0.39, 0.29) is 22.6 Å². The first kappa shape index (κ1) is 17.2. The van der Waals surface area contributed by atoms with Crippen LogP contribution in [0.5, 0.6) is 0 Å². The smallest absolute Gasteiger partial charge is 0.335 e. The van der Waals surface area contributed by atoms with Crippen LogP contribution in [-0.2, 0) is 9.84 Å². The van der Waals surface area contributed by atoms with Crippen LogP contribution in [0.15, 0.2) is 17.0 Å². The number of aryl methyl sites for hydroxylation is 1. The van der Waals surface area contributed by atoms with Crippen molar-refractivity contribution >= 4 is 15.8 Å². The average Bonchev–Trinajstić information content (AvgIpc) is 2.39. The summed E-state index contributed by atoms with van der Waals surface area (Å²) in [5.41, 5.74) is 0.388. The van der Waals surface area contributed by atoms with E-state index in [1.54, 1.807) is 27.7 Å². The van der Waals surface area contributed by atoms with Gasteiger partial charge in [-0.3, -0.25) is 0 Å². The molecule has 0 unspecified atom stereocenters. The first-order valence-electron chi connectivity index (χ1n) is 6.49. The van der Waals surface area contributed by atoms with E-state index in [1.165, 1.54) is 12.1 Å². The topological polar surface area (TPSA) is 95.2 Å². The molecule has 0 fully saturated rings. The van der Waals surface area contributed by atoms with Gasteiger partial charge in [0.2, 0.25) is 0 Å². The molecule has 0 radical (unpaired) electrons. The van der Waals surface area contributed by atoms with E-state index in [2.05, 4.69) is 6.07 Å². The zero-order valence-electron chi connectivity index (χ0n) is 12.6. The Bertz CT molecular complexity index is 712. The van der Waals surface area contributed by atoms with Gasteiger partial charge in [0.1, 0.15) is 0 Å². The fraction of sp³-hybridized carbons (Fsp3) is 0.467. The average molecular weight is 309 g/mol. The Balaban J connectivity index is 3.26. The highest BCUT2D eigenvalue weighted by atomic mass is 32.2. The lowest BCUT2D eigenvalue weighted by atomic mass is 9.93. The molecular weight excluding hydrogens is 290 g/mol. The van der Waals surface area contributed by atoms with Crippen LogP contribution in [0.1, 0.15) is 41.8 Å². The summed E-state index contributed by atoms with van der Waals surface area (Å²) < 4.78 is 24.9. The molecule has 1 aromatic carbocycles. The molecule has 0 spiro atoms. The highest BCUT2D eigenvalue weighted by Crippen LogP contribution is 2.26. The van der Waals surface area contributed by atoms with E-state index in [9.17, 15) is 13.2 Å². The number of rotatable bonds is 5. The Morgan fingerprint density at radius 2 is 1.90 bits per heavy atom. The number of carboxylic acid groups (broad SMARTS) is 1. The van der Waals surface area contributed by atoms with Crippen LogP contribution in [0.25, 0.3) is 0 Å². The van der Waals surface area contributed by atoms with E-state index >= 15 is 0 Å². The predicted octanol–water partition coefficient (Wildman–Crippen LogP) is 2.72. The molecule has 0 amide bonds. The molecule has 5 nitrogen and oxygen atoms in total. The van der Waals surface area contributed by atoms with Gasteiger partial charge in [-0.2, -0.15) is 5.26 Å². The molecule has 0 saturated heterocycles. The van der Waals surface area contributed by atoms with Crippen molar-refractivity contribution < 1.29 is 18.3 Å². The van der Waals surface area contributed by atoms with E-state index < -0.39 is 21.2 Å². The van der Waals surface area contributed by atoms with Crippen molar-refractivity contribution in [1.82, 2.24) is 0 Å². The largest absolute Gasteiger partial charge is 0.478 e. The zero-order valence-corrected chi connectivity index (χ0v) is 13.4. The number of benzene rings is 1. The standard InChI is InChI=1S/C15H19NO4S/c1-10-7-12(14(17)18)8-13(11(10)2)21(19,20)6-5-15(3,4)9-16/h7-8H,5-6H2,1-4H3,(H,17,18). The van der Waals surface area contributed by atoms with Crippen LogP contribution in [-0.4, -0.2) is 25.2 Å². The number of carboxylic acids is 1. The molecular formula is C15H19NO4S. The lowest BCUT2D eigenvalue weighted by molar-refractivity contribution is 0.0696. The van der Waals surface area contributed by atoms with Crippen molar-refractivity contribution in [3.8, 4) is 6.07 Å². The molecule has 1 N–H and O–H groups in total. The van der Waals surface area contributed by atoms with Crippen molar-refractivity contribution in [2.75, 3.05) is 5.75 Å². The predicted molar refractivity (Wildman–Crippen MR) is 78.9 cm³/mol. The molecule has 0 aliphatic carbocycles. The van der Waals surface area contributed by atoms with Gasteiger partial charge in [0.15, 0.2) is 9.84 Å². The quantitative estimate of drug-likeness (QED) is 0.902. The number of nitrogens with zero attached hydrogens (tertiary/aromatic N) is 1. The second kappa shape index (κ2) is 5.86. The number of aromatic carboxylic acids is 1. The van der Waals surface area contributed by atoms with Gasteiger partial charge in [0.05, 0.1) is 27.7 Å². The maximum atomic E-state index is 12.4. The fourth-order valence-electron chi connectivity index (χ4n) is 1.83. The summed E-state index contributed by atoms with van der Waals surface area (Å²) in [7, 11) is -3.63. The van der Waals surface area contributed by atoms with Gasteiger partial charge in [-0.15, -0.1) is 0 Å². The van der Waals surface area contributed by atoms with Gasteiger partial charge in [-0.25, -0.2) is 13.2 Å². The van der Waals surface area contributed by atoms with Crippen LogP contribution in [0.3, 0.4) is 0 Å². The van der Waals surface area contributed by atoms with Crippen molar-refractivity contribution in [2.45, 2.75) is 39.0 Å². The van der Waals surface area contributed by atoms with E-state index in [1.807, 2.05) is 0 Å². The number of hydrogen-bond donors (Lipinski definition) is 1. The molecule has 0 atom stereocenters. The third-order valence-electron chi connectivity index (χ3n) is 3.50. The van der Waals surface area contributed by atoms with Gasteiger partial charge in [-0.1, -0.05) is 0 Å². The highest BCUT2D eigenvalue weighted by Gasteiger charge is 2.25. The number of hydrogen-bond acceptors (Lipinski definition) is 4. The van der Waals surface area contributed by atoms with Crippen LogP contribution in [0.4, 0.5) is 0 Å². The molecule has 0 saturated carbocycles. The Hall–Kier alpha value is -1.87. The van der Waals surface area contributed by atoms with Crippen molar-refractivity contribution in [2.24, 2.45) is 5.41 Å². The van der Waals surface area contributed by atoms with Crippen molar-refractivity contribution in [3.05, 3.63) is 28.8 Å². The third-order valence-corrected chi connectivity index (χ3v) is 5.34. The van der Waals surface area contributed by atoms with Crippen molar-refractivity contribution in [3.63, 3.8) is 0 Å². The Morgan fingerprint density at radius 1 is 1.33 bits per heavy atom. The van der Waals surface area contributed by atoms with Crippen LogP contribution >= 0.6 is 0 Å². The van der Waals surface area contributed by atoms with E-state index in [0.29, 0.717) is 11.1 Å². The van der Waals surface area contributed by atoms with Gasteiger partial charge in [-0.05, 0) is 57.4 Å². The summed E-state index contributed by atoms with van der Waals surface area (Å²) in [5.74, 6) is -1.34. The summed E-state index contributed by atoms with van der Waals surface area (Å²) in [4.78, 5) is 11.1. The molecule has 0 heterocycles. The summed E-state index contributed by atoms with van der Waals surface area (Å²) in [6, 6.07) is 4.71. The molecule has 1 aromatic rings. The van der Waals surface area contributed by atoms with E-state index in [0.717, 1.165) is 0 Å². The zero-order chi connectivity index (χ0) is 16.4. The minimum absolute atomic E-state index is 0.0358. The maximum absolute atomic E-state index is 12.4. The summed E-state index contributed by atoms with van der Waals surface area (Å²) in [6.07, 6.45) is 0.196. The number of sulfone groups is 1.